The minimum Gasteiger partial charge on any atom is -0.396 e. The van der Waals surface area contributed by atoms with Gasteiger partial charge in [0.15, 0.2) is 0 Å². The van der Waals surface area contributed by atoms with Crippen LogP contribution in [-0.4, -0.2) is 42.2 Å². The predicted molar refractivity (Wildman–Crippen MR) is 74.5 cm³/mol. The van der Waals surface area contributed by atoms with Gasteiger partial charge in [0, 0.05) is 13.2 Å². The average molecular weight is 280 g/mol. The molecule has 2 rings (SSSR count). The molecule has 1 amide bonds. The summed E-state index contributed by atoms with van der Waals surface area (Å²) in [4.78, 5) is 13.9. The van der Waals surface area contributed by atoms with Gasteiger partial charge in [0.25, 0.3) is 0 Å². The zero-order valence-electron chi connectivity index (χ0n) is 11.5. The number of aliphatic hydroxyl groups excluding tert-OH is 1. The summed E-state index contributed by atoms with van der Waals surface area (Å²) < 4.78 is 12.7. The largest absolute Gasteiger partial charge is 0.396 e. The Morgan fingerprint density at radius 2 is 1.95 bits per heavy atom. The number of piperidine rings is 1. The van der Waals surface area contributed by atoms with Crippen molar-refractivity contribution >= 4 is 5.91 Å². The Labute approximate surface area is 118 Å². The van der Waals surface area contributed by atoms with Crippen LogP contribution in [0.1, 0.15) is 18.4 Å². The van der Waals surface area contributed by atoms with Gasteiger partial charge in [-0.15, -0.1) is 0 Å². The van der Waals surface area contributed by atoms with Crippen LogP contribution in [-0.2, 0) is 11.3 Å². The first kappa shape index (κ1) is 14.9. The van der Waals surface area contributed by atoms with E-state index >= 15 is 0 Å². The lowest BCUT2D eigenvalue weighted by Gasteiger charge is -2.30. The third-order valence-electron chi connectivity index (χ3n) is 3.74. The molecule has 2 N–H and O–H groups in total. The fourth-order valence-electron chi connectivity index (χ4n) is 2.39. The van der Waals surface area contributed by atoms with Crippen LogP contribution >= 0.6 is 0 Å². The van der Waals surface area contributed by atoms with Crippen molar-refractivity contribution in [1.29, 1.82) is 0 Å². The van der Waals surface area contributed by atoms with Crippen LogP contribution in [0.2, 0.25) is 0 Å². The number of nitrogens with zero attached hydrogens (tertiary/aromatic N) is 1. The number of hydrogen-bond donors (Lipinski definition) is 2. The molecule has 0 aromatic heterocycles. The van der Waals surface area contributed by atoms with Crippen molar-refractivity contribution in [3.8, 4) is 0 Å². The fraction of sp³-hybridized carbons (Fsp3) is 0.533. The first-order chi connectivity index (χ1) is 9.67. The number of benzene rings is 1. The lowest BCUT2D eigenvalue weighted by atomic mass is 9.98. The lowest BCUT2D eigenvalue weighted by Crippen LogP contribution is -2.41. The van der Waals surface area contributed by atoms with Gasteiger partial charge >= 0.3 is 0 Å². The molecule has 4 nitrogen and oxygen atoms in total. The van der Waals surface area contributed by atoms with Crippen LogP contribution < -0.4 is 5.32 Å². The molecule has 0 unspecified atom stereocenters. The molecule has 1 aliphatic heterocycles. The molecule has 0 spiro atoms. The molecule has 1 saturated heterocycles. The summed E-state index contributed by atoms with van der Waals surface area (Å²) in [6, 6.07) is 6.12. The normalized spacial score (nSPS) is 17.1. The predicted octanol–water partition coefficient (Wildman–Crippen LogP) is 1.15. The van der Waals surface area contributed by atoms with E-state index in [4.69, 9.17) is 5.11 Å². The second-order valence-corrected chi connectivity index (χ2v) is 5.31. The molecule has 1 aliphatic rings. The Bertz CT molecular complexity index is 428. The van der Waals surface area contributed by atoms with Gasteiger partial charge in [-0.3, -0.25) is 9.69 Å². The molecular weight excluding hydrogens is 259 g/mol. The maximum Gasteiger partial charge on any atom is 0.234 e. The van der Waals surface area contributed by atoms with Crippen molar-refractivity contribution in [1.82, 2.24) is 10.2 Å². The summed E-state index contributed by atoms with van der Waals surface area (Å²) in [6.07, 6.45) is 1.89. The van der Waals surface area contributed by atoms with Crippen molar-refractivity contribution in [2.24, 2.45) is 5.92 Å². The van der Waals surface area contributed by atoms with E-state index in [0.717, 1.165) is 31.5 Å². The number of hydrogen-bond acceptors (Lipinski definition) is 3. The van der Waals surface area contributed by atoms with Gasteiger partial charge < -0.3 is 10.4 Å². The maximum absolute atomic E-state index is 12.7. The SMILES string of the molecule is O=C(CN1CCC(CO)CC1)NCc1ccc(F)cc1. The van der Waals surface area contributed by atoms with E-state index in [2.05, 4.69) is 10.2 Å². The topological polar surface area (TPSA) is 52.6 Å². The molecule has 0 saturated carbocycles. The molecular formula is C15H21FN2O2. The van der Waals surface area contributed by atoms with Gasteiger partial charge in [-0.1, -0.05) is 12.1 Å². The van der Waals surface area contributed by atoms with Crippen LogP contribution in [0.15, 0.2) is 24.3 Å². The Morgan fingerprint density at radius 1 is 1.30 bits per heavy atom. The van der Waals surface area contributed by atoms with Crippen LogP contribution in [0.25, 0.3) is 0 Å². The molecule has 0 radical (unpaired) electrons. The number of carbonyl (C=O) groups excluding carboxylic acids is 1. The Morgan fingerprint density at radius 3 is 2.55 bits per heavy atom. The smallest absolute Gasteiger partial charge is 0.234 e. The summed E-state index contributed by atoms with van der Waals surface area (Å²) in [5.74, 6) is 0.0946. The number of rotatable bonds is 5. The van der Waals surface area contributed by atoms with Gasteiger partial charge in [0.1, 0.15) is 5.82 Å². The molecule has 1 aromatic rings. The monoisotopic (exact) mass is 280 g/mol. The maximum atomic E-state index is 12.7. The van der Waals surface area contributed by atoms with Crippen molar-refractivity contribution in [3.05, 3.63) is 35.6 Å². The van der Waals surface area contributed by atoms with Crippen molar-refractivity contribution < 1.29 is 14.3 Å². The molecule has 1 fully saturated rings. The number of carbonyl (C=O) groups is 1. The Balaban J connectivity index is 1.69. The number of halogens is 1. The highest BCUT2D eigenvalue weighted by Crippen LogP contribution is 2.15. The third kappa shape index (κ3) is 4.58. The summed E-state index contributed by atoms with van der Waals surface area (Å²) in [5.41, 5.74) is 0.888. The number of nitrogens with one attached hydrogen (secondary N) is 1. The first-order valence-corrected chi connectivity index (χ1v) is 7.01. The molecule has 110 valence electrons. The minimum atomic E-state index is -0.271. The molecule has 0 aliphatic carbocycles. The first-order valence-electron chi connectivity index (χ1n) is 7.01. The van der Waals surface area contributed by atoms with Gasteiger partial charge in [0.2, 0.25) is 5.91 Å². The summed E-state index contributed by atoms with van der Waals surface area (Å²) in [5, 5.41) is 11.9. The van der Waals surface area contributed by atoms with E-state index in [1.807, 2.05) is 0 Å². The van der Waals surface area contributed by atoms with Crippen molar-refractivity contribution in [2.45, 2.75) is 19.4 Å². The number of aliphatic hydroxyl groups is 1. The minimum absolute atomic E-state index is 0.0169. The molecule has 20 heavy (non-hydrogen) atoms. The van der Waals surface area contributed by atoms with Gasteiger partial charge in [-0.05, 0) is 49.5 Å². The van der Waals surface area contributed by atoms with Crippen molar-refractivity contribution in [3.63, 3.8) is 0 Å². The van der Waals surface area contributed by atoms with Crippen LogP contribution in [0, 0.1) is 11.7 Å². The summed E-state index contributed by atoms with van der Waals surface area (Å²) >= 11 is 0. The second-order valence-electron chi connectivity index (χ2n) is 5.31. The van der Waals surface area contributed by atoms with Gasteiger partial charge in [-0.2, -0.15) is 0 Å². The van der Waals surface area contributed by atoms with E-state index in [-0.39, 0.29) is 18.3 Å². The van der Waals surface area contributed by atoms with Crippen LogP contribution in [0.4, 0.5) is 4.39 Å². The highest BCUT2D eigenvalue weighted by Gasteiger charge is 2.19. The quantitative estimate of drug-likeness (QED) is 0.850. The van der Waals surface area contributed by atoms with Crippen molar-refractivity contribution in [2.75, 3.05) is 26.2 Å². The second kappa shape index (κ2) is 7.36. The van der Waals surface area contributed by atoms with Gasteiger partial charge in [0.05, 0.1) is 6.54 Å². The van der Waals surface area contributed by atoms with E-state index in [1.165, 1.54) is 12.1 Å². The molecule has 0 atom stereocenters. The number of likely N-dealkylation sites (tertiary alicyclic amines) is 1. The lowest BCUT2D eigenvalue weighted by molar-refractivity contribution is -0.122. The fourth-order valence-corrected chi connectivity index (χ4v) is 2.39. The van der Waals surface area contributed by atoms with E-state index in [9.17, 15) is 9.18 Å². The van der Waals surface area contributed by atoms with E-state index < -0.39 is 0 Å². The zero-order valence-corrected chi connectivity index (χ0v) is 11.5. The average Bonchev–Trinajstić information content (AvgIpc) is 2.47. The van der Waals surface area contributed by atoms with Crippen LogP contribution in [0.3, 0.4) is 0 Å². The Kier molecular flexibility index (Phi) is 5.49. The summed E-state index contributed by atoms with van der Waals surface area (Å²) in [7, 11) is 0. The number of amides is 1. The molecule has 1 heterocycles. The molecule has 0 bridgehead atoms. The van der Waals surface area contributed by atoms with E-state index in [0.29, 0.717) is 19.0 Å². The Hall–Kier alpha value is -1.46. The molecule has 1 aromatic carbocycles. The summed E-state index contributed by atoms with van der Waals surface area (Å²) in [6.45, 7) is 2.76. The standard InChI is InChI=1S/C15H21FN2O2/c16-14-3-1-12(2-4-14)9-17-15(20)10-18-7-5-13(11-19)6-8-18/h1-4,13,19H,5-11H2,(H,17,20). The molecule has 5 heteroatoms. The van der Waals surface area contributed by atoms with Gasteiger partial charge in [-0.25, -0.2) is 4.39 Å². The third-order valence-corrected chi connectivity index (χ3v) is 3.74. The van der Waals surface area contributed by atoms with E-state index in [1.54, 1.807) is 12.1 Å². The highest BCUT2D eigenvalue weighted by atomic mass is 19.1. The highest BCUT2D eigenvalue weighted by molar-refractivity contribution is 5.78. The zero-order chi connectivity index (χ0) is 14.4. The van der Waals surface area contributed by atoms with Crippen LogP contribution in [0.5, 0.6) is 0 Å².